The van der Waals surface area contributed by atoms with Crippen LogP contribution in [0, 0.1) is 0 Å². The molecule has 5 heteroatoms. The number of nitrogens with two attached hydrogens (primary N) is 1. The van der Waals surface area contributed by atoms with Gasteiger partial charge in [-0.3, -0.25) is 5.10 Å². The van der Waals surface area contributed by atoms with Crippen LogP contribution in [0.2, 0.25) is 0 Å². The molecule has 1 atom stereocenters. The van der Waals surface area contributed by atoms with Crippen molar-refractivity contribution >= 4 is 0 Å². The van der Waals surface area contributed by atoms with Gasteiger partial charge in [-0.15, -0.1) is 0 Å². The molecule has 16 heavy (non-hydrogen) atoms. The van der Waals surface area contributed by atoms with Crippen molar-refractivity contribution in [2.75, 3.05) is 6.61 Å². The van der Waals surface area contributed by atoms with Gasteiger partial charge in [0.1, 0.15) is 17.9 Å². The number of nitrogens with one attached hydrogen (secondary N) is 1. The molecule has 0 aliphatic rings. The molecule has 1 aromatic carbocycles. The zero-order valence-corrected chi connectivity index (χ0v) is 9.05. The van der Waals surface area contributed by atoms with E-state index < -0.39 is 0 Å². The fraction of sp³-hybridized carbons (Fsp3) is 0.273. The van der Waals surface area contributed by atoms with Crippen LogP contribution in [-0.2, 0) is 0 Å². The van der Waals surface area contributed by atoms with Crippen molar-refractivity contribution in [3.63, 3.8) is 0 Å². The summed E-state index contributed by atoms with van der Waals surface area (Å²) in [5.74, 6) is 1.50. The smallest absolute Gasteiger partial charge is 0.145 e. The van der Waals surface area contributed by atoms with E-state index in [1.807, 2.05) is 31.2 Å². The van der Waals surface area contributed by atoms with Crippen LogP contribution in [0.15, 0.2) is 30.6 Å². The first-order valence-corrected chi connectivity index (χ1v) is 5.15. The number of ether oxygens (including phenoxy) is 1. The number of aromatic nitrogens is 3. The molecule has 5 nitrogen and oxygen atoms in total. The SMILES string of the molecule is CCOc1ccc(C(N)c2ncn[nH]2)cc1. The number of hydrogen-bond donors (Lipinski definition) is 2. The van der Waals surface area contributed by atoms with Crippen LogP contribution in [0.25, 0.3) is 0 Å². The van der Waals surface area contributed by atoms with E-state index in [4.69, 9.17) is 10.5 Å². The second-order valence-electron chi connectivity index (χ2n) is 3.35. The van der Waals surface area contributed by atoms with Crippen LogP contribution < -0.4 is 10.5 Å². The van der Waals surface area contributed by atoms with Crippen molar-refractivity contribution in [2.45, 2.75) is 13.0 Å². The number of hydrogen-bond acceptors (Lipinski definition) is 4. The highest BCUT2D eigenvalue weighted by Gasteiger charge is 2.11. The first-order valence-electron chi connectivity index (χ1n) is 5.15. The Hall–Kier alpha value is -1.88. The number of nitrogens with zero attached hydrogens (tertiary/aromatic N) is 2. The maximum atomic E-state index is 6.01. The van der Waals surface area contributed by atoms with E-state index in [0.29, 0.717) is 12.4 Å². The van der Waals surface area contributed by atoms with Gasteiger partial charge >= 0.3 is 0 Å². The van der Waals surface area contributed by atoms with Gasteiger partial charge in [0.2, 0.25) is 0 Å². The molecule has 2 aromatic rings. The highest BCUT2D eigenvalue weighted by molar-refractivity contribution is 5.31. The molecule has 0 saturated heterocycles. The van der Waals surface area contributed by atoms with Crippen LogP contribution in [0.5, 0.6) is 5.75 Å². The molecule has 0 radical (unpaired) electrons. The van der Waals surface area contributed by atoms with Crippen molar-refractivity contribution in [2.24, 2.45) is 5.73 Å². The van der Waals surface area contributed by atoms with Crippen molar-refractivity contribution in [3.05, 3.63) is 42.0 Å². The maximum Gasteiger partial charge on any atom is 0.145 e. The summed E-state index contributed by atoms with van der Waals surface area (Å²) in [5.41, 5.74) is 6.98. The van der Waals surface area contributed by atoms with E-state index in [9.17, 15) is 0 Å². The van der Waals surface area contributed by atoms with Gasteiger partial charge in [-0.2, -0.15) is 5.10 Å². The molecule has 1 unspecified atom stereocenters. The minimum Gasteiger partial charge on any atom is -0.494 e. The lowest BCUT2D eigenvalue weighted by Crippen LogP contribution is -2.13. The Morgan fingerprint density at radius 3 is 2.69 bits per heavy atom. The summed E-state index contributed by atoms with van der Waals surface area (Å²) >= 11 is 0. The molecule has 0 bridgehead atoms. The van der Waals surface area contributed by atoms with E-state index >= 15 is 0 Å². The summed E-state index contributed by atoms with van der Waals surface area (Å²) in [6.45, 7) is 2.61. The van der Waals surface area contributed by atoms with E-state index in [1.165, 1.54) is 6.33 Å². The second-order valence-corrected chi connectivity index (χ2v) is 3.35. The molecule has 0 spiro atoms. The zero-order valence-electron chi connectivity index (χ0n) is 9.05. The lowest BCUT2D eigenvalue weighted by Gasteiger charge is -2.09. The molecular weight excluding hydrogens is 204 g/mol. The van der Waals surface area contributed by atoms with Gasteiger partial charge in [0.15, 0.2) is 0 Å². The quantitative estimate of drug-likeness (QED) is 0.809. The van der Waals surface area contributed by atoms with Gasteiger partial charge in [0, 0.05) is 0 Å². The normalized spacial score (nSPS) is 12.4. The summed E-state index contributed by atoms with van der Waals surface area (Å²) in [5, 5.41) is 6.53. The van der Waals surface area contributed by atoms with Crippen LogP contribution >= 0.6 is 0 Å². The summed E-state index contributed by atoms with van der Waals surface area (Å²) in [7, 11) is 0. The first kappa shape index (κ1) is 10.6. The third kappa shape index (κ3) is 2.20. The van der Waals surface area contributed by atoms with Crippen molar-refractivity contribution < 1.29 is 4.74 Å². The van der Waals surface area contributed by atoms with Gasteiger partial charge in [0.25, 0.3) is 0 Å². The molecular formula is C11H14N4O. The lowest BCUT2D eigenvalue weighted by atomic mass is 10.1. The predicted octanol–water partition coefficient (Wildman–Crippen LogP) is 1.25. The topological polar surface area (TPSA) is 76.8 Å². The highest BCUT2D eigenvalue weighted by Crippen LogP contribution is 2.19. The number of rotatable bonds is 4. The molecule has 0 saturated carbocycles. The van der Waals surface area contributed by atoms with Crippen molar-refractivity contribution in [3.8, 4) is 5.75 Å². The Kier molecular flexibility index (Phi) is 3.16. The molecule has 3 N–H and O–H groups in total. The van der Waals surface area contributed by atoms with E-state index in [-0.39, 0.29) is 6.04 Å². The third-order valence-corrected chi connectivity index (χ3v) is 2.28. The van der Waals surface area contributed by atoms with Crippen LogP contribution in [-0.4, -0.2) is 21.8 Å². The standard InChI is InChI=1S/C11H14N4O/c1-2-16-9-5-3-8(4-6-9)10(12)11-13-7-14-15-11/h3-7,10H,2,12H2,1H3,(H,13,14,15). The first-order chi connectivity index (χ1) is 7.81. The van der Waals surface area contributed by atoms with Crippen LogP contribution in [0.4, 0.5) is 0 Å². The summed E-state index contributed by atoms with van der Waals surface area (Å²) < 4.78 is 5.35. The van der Waals surface area contributed by atoms with E-state index in [1.54, 1.807) is 0 Å². The fourth-order valence-corrected chi connectivity index (χ4v) is 1.46. The maximum absolute atomic E-state index is 6.01. The molecule has 0 aliphatic heterocycles. The highest BCUT2D eigenvalue weighted by atomic mass is 16.5. The van der Waals surface area contributed by atoms with Crippen LogP contribution in [0.1, 0.15) is 24.4 Å². The Bertz CT molecular complexity index is 424. The Morgan fingerprint density at radius 1 is 1.38 bits per heavy atom. The average molecular weight is 218 g/mol. The van der Waals surface area contributed by atoms with Gasteiger partial charge in [0.05, 0.1) is 12.6 Å². The minimum absolute atomic E-state index is 0.279. The molecule has 0 fully saturated rings. The van der Waals surface area contributed by atoms with Gasteiger partial charge in [-0.05, 0) is 24.6 Å². The van der Waals surface area contributed by atoms with Crippen molar-refractivity contribution in [1.29, 1.82) is 0 Å². The van der Waals surface area contributed by atoms with Crippen molar-refractivity contribution in [1.82, 2.24) is 15.2 Å². The Labute approximate surface area is 93.7 Å². The predicted molar refractivity (Wildman–Crippen MR) is 60.0 cm³/mol. The Balaban J connectivity index is 2.15. The molecule has 1 heterocycles. The molecule has 0 aliphatic carbocycles. The van der Waals surface area contributed by atoms with Gasteiger partial charge < -0.3 is 10.5 Å². The monoisotopic (exact) mass is 218 g/mol. The van der Waals surface area contributed by atoms with Crippen LogP contribution in [0.3, 0.4) is 0 Å². The average Bonchev–Trinajstić information content (AvgIpc) is 2.83. The van der Waals surface area contributed by atoms with Gasteiger partial charge in [-0.25, -0.2) is 4.98 Å². The number of H-pyrrole nitrogens is 1. The Morgan fingerprint density at radius 2 is 2.12 bits per heavy atom. The van der Waals surface area contributed by atoms with E-state index in [2.05, 4.69) is 15.2 Å². The minimum atomic E-state index is -0.279. The molecule has 0 amide bonds. The molecule has 84 valence electrons. The largest absolute Gasteiger partial charge is 0.494 e. The zero-order chi connectivity index (χ0) is 11.4. The second kappa shape index (κ2) is 4.76. The molecule has 2 rings (SSSR count). The summed E-state index contributed by atoms with van der Waals surface area (Å²) in [6, 6.07) is 7.37. The summed E-state index contributed by atoms with van der Waals surface area (Å²) in [4.78, 5) is 4.03. The lowest BCUT2D eigenvalue weighted by molar-refractivity contribution is 0.340. The number of benzene rings is 1. The fourth-order valence-electron chi connectivity index (χ4n) is 1.46. The summed E-state index contributed by atoms with van der Waals surface area (Å²) in [6.07, 6.45) is 1.45. The van der Waals surface area contributed by atoms with Gasteiger partial charge in [-0.1, -0.05) is 12.1 Å². The number of aromatic amines is 1. The third-order valence-electron chi connectivity index (χ3n) is 2.28. The van der Waals surface area contributed by atoms with E-state index in [0.717, 1.165) is 11.3 Å². The molecule has 1 aromatic heterocycles.